The molecule has 0 aliphatic heterocycles. The number of nitrogens with one attached hydrogen (secondary N) is 1. The first-order chi connectivity index (χ1) is 9.45. The monoisotopic (exact) mass is 400 g/mol. The molecule has 7 nitrogen and oxygen atoms in total. The molecule has 20 heavy (non-hydrogen) atoms. The zero-order valence-electron chi connectivity index (χ0n) is 9.71. The van der Waals surface area contributed by atoms with E-state index >= 15 is 0 Å². The highest BCUT2D eigenvalue weighted by molar-refractivity contribution is 9.10. The average Bonchev–Trinajstić information content (AvgIpc) is 2.40. The average molecular weight is 402 g/mol. The molecule has 9 heteroatoms. The van der Waals surface area contributed by atoms with E-state index in [2.05, 4.69) is 47.1 Å². The number of benzene rings is 1. The van der Waals surface area contributed by atoms with Gasteiger partial charge >= 0.3 is 0 Å². The molecule has 1 aromatic carbocycles. The Morgan fingerprint density at radius 1 is 1.20 bits per heavy atom. The molecule has 1 heterocycles. The van der Waals surface area contributed by atoms with Crippen LogP contribution < -0.4 is 5.32 Å². The van der Waals surface area contributed by atoms with Gasteiger partial charge < -0.3 is 5.32 Å². The largest absolute Gasteiger partial charge is 0.305 e. The predicted octanol–water partition coefficient (Wildman–Crippen LogP) is 3.16. The third-order valence-corrected chi connectivity index (χ3v) is 3.08. The summed E-state index contributed by atoms with van der Waals surface area (Å²) in [6.07, 6.45) is 2.80. The van der Waals surface area contributed by atoms with Crippen molar-refractivity contribution < 1.29 is 9.72 Å². The Hall–Kier alpha value is -1.87. The van der Waals surface area contributed by atoms with Crippen molar-refractivity contribution in [1.29, 1.82) is 0 Å². The normalized spacial score (nSPS) is 10.1. The van der Waals surface area contributed by atoms with Crippen LogP contribution >= 0.6 is 31.9 Å². The second kappa shape index (κ2) is 6.06. The number of hydrogen-bond donors (Lipinski definition) is 1. The van der Waals surface area contributed by atoms with E-state index in [1.807, 2.05) is 0 Å². The van der Waals surface area contributed by atoms with Gasteiger partial charge in [-0.05, 0) is 22.0 Å². The maximum absolute atomic E-state index is 12.0. The minimum atomic E-state index is -0.568. The van der Waals surface area contributed by atoms with Crippen LogP contribution in [-0.4, -0.2) is 20.8 Å². The van der Waals surface area contributed by atoms with E-state index in [9.17, 15) is 14.9 Å². The fraction of sp³-hybridized carbons (Fsp3) is 0. The Labute approximate surface area is 129 Å². The van der Waals surface area contributed by atoms with E-state index in [0.29, 0.717) is 9.08 Å². The number of halogens is 2. The number of hydrogen-bond acceptors (Lipinski definition) is 5. The standard InChI is InChI=1S/C11H6Br2N4O3/c12-7-1-6(2-8(3-7)17(19)20)11(18)16-10-5-14-9(13)4-15-10/h1-5H,(H,15,16,18). The molecule has 0 spiro atoms. The molecule has 0 bridgehead atoms. The number of amides is 1. The predicted molar refractivity (Wildman–Crippen MR) is 78.5 cm³/mol. The quantitative estimate of drug-likeness (QED) is 0.629. The summed E-state index contributed by atoms with van der Waals surface area (Å²) in [5, 5.41) is 13.3. The summed E-state index contributed by atoms with van der Waals surface area (Å²) < 4.78 is 0.979. The van der Waals surface area contributed by atoms with Crippen LogP contribution in [0.4, 0.5) is 11.5 Å². The van der Waals surface area contributed by atoms with E-state index in [1.54, 1.807) is 0 Å². The van der Waals surface area contributed by atoms with Crippen molar-refractivity contribution in [1.82, 2.24) is 9.97 Å². The van der Waals surface area contributed by atoms with Gasteiger partial charge in [0.05, 0.1) is 17.3 Å². The Bertz CT molecular complexity index is 676. The van der Waals surface area contributed by atoms with Crippen molar-refractivity contribution in [3.05, 3.63) is 55.3 Å². The van der Waals surface area contributed by atoms with Crippen LogP contribution in [0.5, 0.6) is 0 Å². The number of nitrogens with zero attached hydrogens (tertiary/aromatic N) is 3. The van der Waals surface area contributed by atoms with Crippen LogP contribution in [0.2, 0.25) is 0 Å². The summed E-state index contributed by atoms with van der Waals surface area (Å²) in [6.45, 7) is 0. The van der Waals surface area contributed by atoms with Crippen LogP contribution in [-0.2, 0) is 0 Å². The Kier molecular flexibility index (Phi) is 4.40. The Morgan fingerprint density at radius 3 is 2.55 bits per heavy atom. The third kappa shape index (κ3) is 3.58. The lowest BCUT2D eigenvalue weighted by molar-refractivity contribution is -0.384. The van der Waals surface area contributed by atoms with Crippen LogP contribution in [0.15, 0.2) is 39.7 Å². The number of nitro benzene ring substituents is 1. The van der Waals surface area contributed by atoms with Crippen molar-refractivity contribution in [2.24, 2.45) is 0 Å². The second-order valence-electron chi connectivity index (χ2n) is 3.63. The van der Waals surface area contributed by atoms with Crippen LogP contribution in [0, 0.1) is 10.1 Å². The molecule has 0 atom stereocenters. The zero-order chi connectivity index (χ0) is 14.7. The summed E-state index contributed by atoms with van der Waals surface area (Å²) in [7, 11) is 0. The number of carbonyl (C=O) groups excluding carboxylic acids is 1. The second-order valence-corrected chi connectivity index (χ2v) is 5.36. The highest BCUT2D eigenvalue weighted by Gasteiger charge is 2.14. The van der Waals surface area contributed by atoms with E-state index in [-0.39, 0.29) is 17.1 Å². The van der Waals surface area contributed by atoms with Gasteiger partial charge in [-0.2, -0.15) is 0 Å². The molecule has 102 valence electrons. The van der Waals surface area contributed by atoms with Crippen molar-refractivity contribution in [2.45, 2.75) is 0 Å². The maximum Gasteiger partial charge on any atom is 0.271 e. The van der Waals surface area contributed by atoms with Gasteiger partial charge in [0.25, 0.3) is 11.6 Å². The van der Waals surface area contributed by atoms with Gasteiger partial charge in [0, 0.05) is 22.2 Å². The third-order valence-electron chi connectivity index (χ3n) is 2.22. The first-order valence-corrected chi connectivity index (χ1v) is 6.78. The lowest BCUT2D eigenvalue weighted by Gasteiger charge is -2.04. The molecule has 1 amide bonds. The van der Waals surface area contributed by atoms with Crippen molar-refractivity contribution in [3.63, 3.8) is 0 Å². The van der Waals surface area contributed by atoms with Gasteiger partial charge in [-0.1, -0.05) is 15.9 Å². The molecule has 1 aromatic heterocycles. The zero-order valence-corrected chi connectivity index (χ0v) is 12.9. The molecule has 0 unspecified atom stereocenters. The van der Waals surface area contributed by atoms with Gasteiger partial charge in [-0.15, -0.1) is 0 Å². The van der Waals surface area contributed by atoms with E-state index in [4.69, 9.17) is 0 Å². The molecular weight excluding hydrogens is 396 g/mol. The molecule has 0 aliphatic carbocycles. The first kappa shape index (κ1) is 14.5. The van der Waals surface area contributed by atoms with Gasteiger partial charge in [-0.25, -0.2) is 9.97 Å². The Balaban J connectivity index is 2.25. The number of rotatable bonds is 3. The summed E-state index contributed by atoms with van der Waals surface area (Å²) in [5.74, 6) is -0.258. The summed E-state index contributed by atoms with van der Waals surface area (Å²) in [5.41, 5.74) is -0.0257. The minimum absolute atomic E-state index is 0.149. The fourth-order valence-electron chi connectivity index (χ4n) is 1.38. The molecule has 0 saturated carbocycles. The van der Waals surface area contributed by atoms with Crippen molar-refractivity contribution in [3.8, 4) is 0 Å². The number of carbonyl (C=O) groups is 1. The van der Waals surface area contributed by atoms with Gasteiger partial charge in [0.1, 0.15) is 4.60 Å². The van der Waals surface area contributed by atoms with Crippen molar-refractivity contribution in [2.75, 3.05) is 5.32 Å². The summed E-state index contributed by atoms with van der Waals surface area (Å²) in [4.78, 5) is 30.0. The molecule has 1 N–H and O–H groups in total. The van der Waals surface area contributed by atoms with E-state index in [0.717, 1.165) is 0 Å². The van der Waals surface area contributed by atoms with E-state index < -0.39 is 10.8 Å². The highest BCUT2D eigenvalue weighted by atomic mass is 79.9. The fourth-order valence-corrected chi connectivity index (χ4v) is 2.06. The lowest BCUT2D eigenvalue weighted by atomic mass is 10.2. The number of non-ortho nitro benzene ring substituents is 1. The lowest BCUT2D eigenvalue weighted by Crippen LogP contribution is -2.13. The maximum atomic E-state index is 12.0. The Morgan fingerprint density at radius 2 is 1.95 bits per heavy atom. The molecule has 2 rings (SSSR count). The van der Waals surface area contributed by atoms with Gasteiger partial charge in [0.15, 0.2) is 5.82 Å². The molecule has 0 radical (unpaired) electrons. The van der Waals surface area contributed by atoms with Gasteiger partial charge in [0.2, 0.25) is 0 Å². The van der Waals surface area contributed by atoms with Crippen LogP contribution in [0.25, 0.3) is 0 Å². The summed E-state index contributed by atoms with van der Waals surface area (Å²) >= 11 is 6.25. The number of nitro groups is 1. The molecular formula is C11H6Br2N4O3. The van der Waals surface area contributed by atoms with Crippen LogP contribution in [0.3, 0.4) is 0 Å². The SMILES string of the molecule is O=C(Nc1cnc(Br)cn1)c1cc(Br)cc([N+](=O)[O-])c1. The molecule has 2 aromatic rings. The topological polar surface area (TPSA) is 98.0 Å². The first-order valence-electron chi connectivity index (χ1n) is 5.19. The van der Waals surface area contributed by atoms with E-state index in [1.165, 1.54) is 30.6 Å². The van der Waals surface area contributed by atoms with Gasteiger partial charge in [-0.3, -0.25) is 14.9 Å². The number of aromatic nitrogens is 2. The smallest absolute Gasteiger partial charge is 0.271 e. The van der Waals surface area contributed by atoms with Crippen LogP contribution in [0.1, 0.15) is 10.4 Å². The summed E-state index contributed by atoms with van der Waals surface area (Å²) in [6, 6.07) is 3.98. The molecule has 0 aliphatic rings. The number of anilines is 1. The van der Waals surface area contributed by atoms with Crippen molar-refractivity contribution >= 4 is 49.3 Å². The molecule has 0 saturated heterocycles. The highest BCUT2D eigenvalue weighted by Crippen LogP contribution is 2.22. The molecule has 0 fully saturated rings. The minimum Gasteiger partial charge on any atom is -0.305 e.